The Morgan fingerprint density at radius 3 is 2.43 bits per heavy atom. The minimum Gasteiger partial charge on any atom is -0.443 e. The Hall–Kier alpha value is -2.95. The Labute approximate surface area is 164 Å². The van der Waals surface area contributed by atoms with Gasteiger partial charge in [0.15, 0.2) is 0 Å². The molecule has 0 saturated heterocycles. The van der Waals surface area contributed by atoms with Crippen molar-refractivity contribution < 1.29 is 18.7 Å². The van der Waals surface area contributed by atoms with Crippen LogP contribution in [0.3, 0.4) is 0 Å². The van der Waals surface area contributed by atoms with Crippen molar-refractivity contribution in [2.24, 2.45) is 0 Å². The topological polar surface area (TPSA) is 46.6 Å². The van der Waals surface area contributed by atoms with Crippen LogP contribution in [0.4, 0.5) is 14.9 Å². The Morgan fingerprint density at radius 2 is 1.86 bits per heavy atom. The number of carbonyl (C=O) groups is 2. The second-order valence-corrected chi connectivity index (χ2v) is 8.05. The van der Waals surface area contributed by atoms with Crippen LogP contribution in [-0.4, -0.2) is 17.6 Å². The fraction of sp³-hybridized carbons (Fsp3) is 0.304. The Morgan fingerprint density at radius 1 is 1.21 bits per heavy atom. The Kier molecular flexibility index (Phi) is 4.88. The van der Waals surface area contributed by atoms with Gasteiger partial charge >= 0.3 is 6.09 Å². The number of amides is 2. The Bertz CT molecular complexity index is 943. The number of aryl methyl sites for hydroxylation is 1. The van der Waals surface area contributed by atoms with Crippen molar-refractivity contribution in [3.63, 3.8) is 0 Å². The fourth-order valence-corrected chi connectivity index (χ4v) is 3.64. The van der Waals surface area contributed by atoms with E-state index >= 15 is 0 Å². The standard InChI is InChI=1S/C23H24FNO3/c1-6-13-23(16-8-10-17(24)11-9-16)18-14-15(2)7-12-19(18)25(20(23)26)21(27)28-22(3,4)5/h6-12,14H,1,13H2,2-5H3/t23-/m1/s1. The molecule has 2 aromatic carbocycles. The van der Waals surface area contributed by atoms with Crippen LogP contribution in [0.15, 0.2) is 55.1 Å². The molecule has 0 N–H and O–H groups in total. The van der Waals surface area contributed by atoms with Crippen LogP contribution in [0.5, 0.6) is 0 Å². The van der Waals surface area contributed by atoms with Crippen LogP contribution in [0, 0.1) is 12.7 Å². The van der Waals surface area contributed by atoms with E-state index in [0.29, 0.717) is 16.8 Å². The van der Waals surface area contributed by atoms with Crippen LogP contribution in [-0.2, 0) is 14.9 Å². The molecule has 1 aliphatic heterocycles. The molecule has 2 aromatic rings. The van der Waals surface area contributed by atoms with Gasteiger partial charge in [-0.15, -0.1) is 6.58 Å². The van der Waals surface area contributed by atoms with Gasteiger partial charge in [0.2, 0.25) is 0 Å². The van der Waals surface area contributed by atoms with E-state index in [4.69, 9.17) is 4.74 Å². The minimum atomic E-state index is -1.16. The van der Waals surface area contributed by atoms with Gasteiger partial charge < -0.3 is 4.74 Å². The van der Waals surface area contributed by atoms with Gasteiger partial charge in [0.1, 0.15) is 16.8 Å². The number of anilines is 1. The first-order chi connectivity index (χ1) is 13.1. The molecular formula is C23H24FNO3. The van der Waals surface area contributed by atoms with E-state index in [1.165, 1.54) is 12.1 Å². The first-order valence-corrected chi connectivity index (χ1v) is 9.16. The van der Waals surface area contributed by atoms with Gasteiger partial charge in [0.25, 0.3) is 5.91 Å². The summed E-state index contributed by atoms with van der Waals surface area (Å²) in [5.41, 5.74) is 0.825. The predicted molar refractivity (Wildman–Crippen MR) is 107 cm³/mol. The molecule has 0 saturated carbocycles. The number of hydrogen-bond donors (Lipinski definition) is 0. The number of rotatable bonds is 3. The van der Waals surface area contributed by atoms with E-state index in [0.717, 1.165) is 10.5 Å². The number of hydrogen-bond acceptors (Lipinski definition) is 3. The number of ether oxygens (including phenoxy) is 1. The molecule has 1 atom stereocenters. The quantitative estimate of drug-likeness (QED) is 0.680. The summed E-state index contributed by atoms with van der Waals surface area (Å²) in [7, 11) is 0. The summed E-state index contributed by atoms with van der Waals surface area (Å²) < 4.78 is 19.0. The van der Waals surface area contributed by atoms with E-state index in [2.05, 4.69) is 6.58 Å². The van der Waals surface area contributed by atoms with Crippen molar-refractivity contribution in [3.05, 3.63) is 77.6 Å². The molecule has 0 aromatic heterocycles. The molecule has 4 nitrogen and oxygen atoms in total. The van der Waals surface area contributed by atoms with E-state index < -0.39 is 28.8 Å². The largest absolute Gasteiger partial charge is 0.443 e. The van der Waals surface area contributed by atoms with Crippen LogP contribution >= 0.6 is 0 Å². The number of allylic oxidation sites excluding steroid dienone is 1. The number of carbonyl (C=O) groups excluding carboxylic acids is 2. The summed E-state index contributed by atoms with van der Waals surface area (Å²) in [6.07, 6.45) is 1.19. The highest BCUT2D eigenvalue weighted by atomic mass is 19.1. The monoisotopic (exact) mass is 381 g/mol. The van der Waals surface area contributed by atoms with Crippen LogP contribution < -0.4 is 4.90 Å². The molecule has 1 heterocycles. The van der Waals surface area contributed by atoms with Gasteiger partial charge in [0.05, 0.1) is 5.69 Å². The highest BCUT2D eigenvalue weighted by molar-refractivity contribution is 6.22. The van der Waals surface area contributed by atoms with Gasteiger partial charge in [-0.1, -0.05) is 35.9 Å². The number of benzene rings is 2. The molecule has 1 aliphatic rings. The van der Waals surface area contributed by atoms with Crippen molar-refractivity contribution in [1.82, 2.24) is 0 Å². The first-order valence-electron chi connectivity index (χ1n) is 9.16. The SMILES string of the molecule is C=CC[C@]1(c2ccc(F)cc2)C(=O)N(C(=O)OC(C)(C)C)c2ccc(C)cc21. The molecule has 0 radical (unpaired) electrons. The smallest absolute Gasteiger partial charge is 0.421 e. The molecule has 0 bridgehead atoms. The van der Waals surface area contributed by atoms with E-state index in [1.807, 2.05) is 19.1 Å². The molecule has 3 rings (SSSR count). The maximum atomic E-state index is 13.7. The third-order valence-electron chi connectivity index (χ3n) is 4.78. The zero-order chi connectivity index (χ0) is 20.7. The third-order valence-corrected chi connectivity index (χ3v) is 4.78. The van der Waals surface area contributed by atoms with Crippen molar-refractivity contribution in [2.75, 3.05) is 4.90 Å². The molecule has 2 amide bonds. The van der Waals surface area contributed by atoms with Gasteiger partial charge in [-0.3, -0.25) is 4.79 Å². The van der Waals surface area contributed by atoms with Crippen LogP contribution in [0.1, 0.15) is 43.9 Å². The fourth-order valence-electron chi connectivity index (χ4n) is 3.64. The summed E-state index contributed by atoms with van der Waals surface area (Å²) in [6, 6.07) is 11.3. The minimum absolute atomic E-state index is 0.271. The van der Waals surface area contributed by atoms with Gasteiger partial charge in [-0.2, -0.15) is 0 Å². The molecule has 5 heteroatoms. The second-order valence-electron chi connectivity index (χ2n) is 8.05. The molecular weight excluding hydrogens is 357 g/mol. The Balaban J connectivity index is 2.25. The molecule has 28 heavy (non-hydrogen) atoms. The van der Waals surface area contributed by atoms with Crippen LogP contribution in [0.2, 0.25) is 0 Å². The molecule has 0 fully saturated rings. The zero-order valence-electron chi connectivity index (χ0n) is 16.6. The van der Waals surface area contributed by atoms with Gasteiger partial charge in [-0.25, -0.2) is 14.1 Å². The van der Waals surface area contributed by atoms with Crippen molar-refractivity contribution in [1.29, 1.82) is 0 Å². The summed E-state index contributed by atoms with van der Waals surface area (Å²) in [6.45, 7) is 11.0. The molecule has 0 spiro atoms. The summed E-state index contributed by atoms with van der Waals surface area (Å²) in [4.78, 5) is 27.7. The lowest BCUT2D eigenvalue weighted by molar-refractivity contribution is -0.121. The van der Waals surface area contributed by atoms with E-state index in [-0.39, 0.29) is 6.42 Å². The number of halogens is 1. The maximum absolute atomic E-state index is 13.7. The molecule has 0 unspecified atom stereocenters. The lowest BCUT2D eigenvalue weighted by atomic mass is 9.72. The first kappa shape index (κ1) is 19.8. The predicted octanol–water partition coefficient (Wildman–Crippen LogP) is 5.28. The van der Waals surface area contributed by atoms with Crippen molar-refractivity contribution >= 4 is 17.7 Å². The summed E-state index contributed by atoms with van der Waals surface area (Å²) >= 11 is 0. The average Bonchev–Trinajstić information content (AvgIpc) is 2.83. The van der Waals surface area contributed by atoms with E-state index in [1.54, 1.807) is 45.0 Å². The van der Waals surface area contributed by atoms with Gasteiger partial charge in [0, 0.05) is 0 Å². The van der Waals surface area contributed by atoms with Crippen molar-refractivity contribution in [3.8, 4) is 0 Å². The maximum Gasteiger partial charge on any atom is 0.421 e. The summed E-state index contributed by atoms with van der Waals surface area (Å²) in [5, 5.41) is 0. The normalized spacial score (nSPS) is 18.8. The number of fused-ring (bicyclic) bond motifs is 1. The average molecular weight is 381 g/mol. The van der Waals surface area contributed by atoms with Crippen LogP contribution in [0.25, 0.3) is 0 Å². The van der Waals surface area contributed by atoms with Gasteiger partial charge in [-0.05, 0) is 63.4 Å². The number of imide groups is 1. The summed E-state index contributed by atoms with van der Waals surface area (Å²) in [5.74, 6) is -0.815. The zero-order valence-corrected chi connectivity index (χ0v) is 16.6. The molecule has 0 aliphatic carbocycles. The van der Waals surface area contributed by atoms with E-state index in [9.17, 15) is 14.0 Å². The number of nitrogens with zero attached hydrogens (tertiary/aromatic N) is 1. The third kappa shape index (κ3) is 3.21. The van der Waals surface area contributed by atoms with Crippen molar-refractivity contribution in [2.45, 2.75) is 45.1 Å². The molecule has 146 valence electrons. The highest BCUT2D eigenvalue weighted by Gasteiger charge is 2.54. The second kappa shape index (κ2) is 6.89. The highest BCUT2D eigenvalue weighted by Crippen LogP contribution is 2.49. The lowest BCUT2D eigenvalue weighted by Gasteiger charge is -2.29. The lowest BCUT2D eigenvalue weighted by Crippen LogP contribution is -2.45.